The first-order valence-corrected chi connectivity index (χ1v) is 6.50. The van der Waals surface area contributed by atoms with Gasteiger partial charge in [-0.2, -0.15) is 0 Å². The summed E-state index contributed by atoms with van der Waals surface area (Å²) in [5, 5.41) is 0. The van der Waals surface area contributed by atoms with Crippen LogP contribution in [0.4, 0.5) is 4.39 Å². The molecule has 0 heterocycles. The van der Waals surface area contributed by atoms with E-state index in [1.807, 2.05) is 24.3 Å². The van der Waals surface area contributed by atoms with Crippen LogP contribution < -0.4 is 16.0 Å². The highest BCUT2D eigenvalue weighted by atomic mass is 79.9. The Morgan fingerprint density at radius 3 is 2.68 bits per heavy atom. The Kier molecular flexibility index (Phi) is 4.52. The Bertz CT molecular complexity index is 577. The number of nitrogens with one attached hydrogen (secondary N) is 1. The number of halogens is 2. The van der Waals surface area contributed by atoms with E-state index < -0.39 is 6.04 Å². The Morgan fingerprint density at radius 1 is 1.26 bits per heavy atom. The molecule has 0 amide bonds. The van der Waals surface area contributed by atoms with Crippen molar-refractivity contribution in [1.29, 1.82) is 0 Å². The Balaban J connectivity index is 2.43. The average molecular weight is 325 g/mol. The number of hydrazine groups is 1. The molecule has 0 saturated heterocycles. The number of methoxy groups -OCH3 is 1. The zero-order chi connectivity index (χ0) is 13.8. The fraction of sp³-hybridized carbons (Fsp3) is 0.143. The lowest BCUT2D eigenvalue weighted by molar-refractivity contribution is 0.413. The van der Waals surface area contributed by atoms with Gasteiger partial charge in [0.1, 0.15) is 11.6 Å². The zero-order valence-electron chi connectivity index (χ0n) is 10.4. The molecule has 19 heavy (non-hydrogen) atoms. The summed E-state index contributed by atoms with van der Waals surface area (Å²) >= 11 is 3.23. The van der Waals surface area contributed by atoms with Crippen molar-refractivity contribution in [1.82, 2.24) is 5.43 Å². The van der Waals surface area contributed by atoms with Gasteiger partial charge in [-0.25, -0.2) is 9.82 Å². The molecular weight excluding hydrogens is 311 g/mol. The molecule has 0 fully saturated rings. The molecule has 2 aromatic rings. The Hall–Kier alpha value is -1.43. The first-order valence-electron chi connectivity index (χ1n) is 5.70. The van der Waals surface area contributed by atoms with E-state index >= 15 is 0 Å². The van der Waals surface area contributed by atoms with Gasteiger partial charge in [0.2, 0.25) is 0 Å². The van der Waals surface area contributed by atoms with Gasteiger partial charge in [0.05, 0.1) is 13.2 Å². The molecule has 0 aromatic heterocycles. The van der Waals surface area contributed by atoms with Crippen molar-refractivity contribution < 1.29 is 9.13 Å². The number of benzene rings is 2. The van der Waals surface area contributed by atoms with Crippen LogP contribution in [0.1, 0.15) is 17.2 Å². The van der Waals surface area contributed by atoms with Gasteiger partial charge in [-0.15, -0.1) is 0 Å². The first-order chi connectivity index (χ1) is 9.15. The summed E-state index contributed by atoms with van der Waals surface area (Å²) < 4.78 is 19.9. The SMILES string of the molecule is COc1cccc(C(NN)c2ccc(Br)cc2F)c1. The standard InChI is InChI=1S/C14H14BrFN2O/c1-19-11-4-2-3-9(7-11)14(18-17)12-6-5-10(15)8-13(12)16/h2-8,14,18H,17H2,1H3. The maximum Gasteiger partial charge on any atom is 0.129 e. The fourth-order valence-electron chi connectivity index (χ4n) is 1.92. The van der Waals surface area contributed by atoms with Crippen LogP contribution >= 0.6 is 15.9 Å². The Morgan fingerprint density at radius 2 is 2.05 bits per heavy atom. The fourth-order valence-corrected chi connectivity index (χ4v) is 2.26. The topological polar surface area (TPSA) is 47.3 Å². The van der Waals surface area contributed by atoms with E-state index in [0.717, 1.165) is 5.56 Å². The second kappa shape index (κ2) is 6.14. The number of hydrogen-bond donors (Lipinski definition) is 2. The molecule has 0 spiro atoms. The third-order valence-electron chi connectivity index (χ3n) is 2.87. The summed E-state index contributed by atoms with van der Waals surface area (Å²) in [5.74, 6) is 5.95. The lowest BCUT2D eigenvalue weighted by atomic mass is 9.98. The van der Waals surface area contributed by atoms with Gasteiger partial charge in [0.25, 0.3) is 0 Å². The van der Waals surface area contributed by atoms with Crippen LogP contribution in [-0.4, -0.2) is 7.11 Å². The molecule has 0 aliphatic heterocycles. The van der Waals surface area contributed by atoms with Gasteiger partial charge < -0.3 is 4.74 Å². The first kappa shape index (κ1) is 14.0. The molecule has 0 bridgehead atoms. The van der Waals surface area contributed by atoms with Crippen molar-refractivity contribution in [3.63, 3.8) is 0 Å². The summed E-state index contributed by atoms with van der Waals surface area (Å²) in [6, 6.07) is 11.8. The summed E-state index contributed by atoms with van der Waals surface area (Å²) in [6.45, 7) is 0. The highest BCUT2D eigenvalue weighted by Crippen LogP contribution is 2.27. The largest absolute Gasteiger partial charge is 0.497 e. The molecule has 0 saturated carbocycles. The summed E-state index contributed by atoms with van der Waals surface area (Å²) in [7, 11) is 1.59. The van der Waals surface area contributed by atoms with Crippen molar-refractivity contribution in [3.05, 3.63) is 63.9 Å². The molecule has 1 unspecified atom stereocenters. The van der Waals surface area contributed by atoms with Crippen molar-refractivity contribution in [2.45, 2.75) is 6.04 Å². The van der Waals surface area contributed by atoms with E-state index in [9.17, 15) is 4.39 Å². The number of ether oxygens (including phenoxy) is 1. The molecule has 0 radical (unpaired) electrons. The van der Waals surface area contributed by atoms with Crippen LogP contribution in [-0.2, 0) is 0 Å². The molecular formula is C14H14BrFN2O. The van der Waals surface area contributed by atoms with Crippen molar-refractivity contribution >= 4 is 15.9 Å². The monoisotopic (exact) mass is 324 g/mol. The van der Waals surface area contributed by atoms with Gasteiger partial charge in [-0.1, -0.05) is 34.1 Å². The molecule has 1 atom stereocenters. The average Bonchev–Trinajstić information content (AvgIpc) is 2.42. The van der Waals surface area contributed by atoms with Gasteiger partial charge in [-0.05, 0) is 29.8 Å². The zero-order valence-corrected chi connectivity index (χ0v) is 11.9. The number of nitrogens with two attached hydrogens (primary N) is 1. The predicted octanol–water partition coefficient (Wildman–Crippen LogP) is 3.15. The molecule has 100 valence electrons. The normalized spacial score (nSPS) is 12.2. The van der Waals surface area contributed by atoms with E-state index in [4.69, 9.17) is 10.6 Å². The highest BCUT2D eigenvalue weighted by Gasteiger charge is 2.17. The minimum atomic E-state index is -0.428. The van der Waals surface area contributed by atoms with Crippen LogP contribution in [0.25, 0.3) is 0 Å². The van der Waals surface area contributed by atoms with E-state index in [1.54, 1.807) is 19.2 Å². The van der Waals surface area contributed by atoms with Crippen molar-refractivity contribution in [2.75, 3.05) is 7.11 Å². The van der Waals surface area contributed by atoms with Crippen LogP contribution in [0.5, 0.6) is 5.75 Å². The van der Waals surface area contributed by atoms with E-state index in [-0.39, 0.29) is 5.82 Å². The lowest BCUT2D eigenvalue weighted by Crippen LogP contribution is -2.29. The third kappa shape index (κ3) is 3.12. The molecule has 3 N–H and O–H groups in total. The summed E-state index contributed by atoms with van der Waals surface area (Å²) in [5.41, 5.74) is 3.96. The van der Waals surface area contributed by atoms with Crippen molar-refractivity contribution in [2.24, 2.45) is 5.84 Å². The maximum atomic E-state index is 14.0. The van der Waals surface area contributed by atoms with Crippen LogP contribution in [0.3, 0.4) is 0 Å². The molecule has 0 aliphatic carbocycles. The molecule has 5 heteroatoms. The lowest BCUT2D eigenvalue weighted by Gasteiger charge is -2.18. The second-order valence-electron chi connectivity index (χ2n) is 4.04. The molecule has 0 aliphatic rings. The predicted molar refractivity (Wildman–Crippen MR) is 76.3 cm³/mol. The summed E-state index contributed by atoms with van der Waals surface area (Å²) in [4.78, 5) is 0. The highest BCUT2D eigenvalue weighted by molar-refractivity contribution is 9.10. The number of hydrogen-bond acceptors (Lipinski definition) is 3. The van der Waals surface area contributed by atoms with E-state index in [0.29, 0.717) is 15.8 Å². The van der Waals surface area contributed by atoms with Crippen molar-refractivity contribution in [3.8, 4) is 5.75 Å². The summed E-state index contributed by atoms with van der Waals surface area (Å²) in [6.07, 6.45) is 0. The van der Waals surface area contributed by atoms with Gasteiger partial charge in [0.15, 0.2) is 0 Å². The molecule has 3 nitrogen and oxygen atoms in total. The van der Waals surface area contributed by atoms with Crippen LogP contribution in [0.2, 0.25) is 0 Å². The van der Waals surface area contributed by atoms with E-state index in [2.05, 4.69) is 21.4 Å². The minimum absolute atomic E-state index is 0.319. The smallest absolute Gasteiger partial charge is 0.129 e. The van der Waals surface area contributed by atoms with Crippen LogP contribution in [0, 0.1) is 5.82 Å². The quantitative estimate of drug-likeness (QED) is 0.671. The van der Waals surface area contributed by atoms with Crippen LogP contribution in [0.15, 0.2) is 46.9 Å². The van der Waals surface area contributed by atoms with Gasteiger partial charge in [-0.3, -0.25) is 5.84 Å². The second-order valence-corrected chi connectivity index (χ2v) is 4.96. The molecule has 2 rings (SSSR count). The van der Waals surface area contributed by atoms with E-state index in [1.165, 1.54) is 6.07 Å². The van der Waals surface area contributed by atoms with Gasteiger partial charge >= 0.3 is 0 Å². The number of rotatable bonds is 4. The third-order valence-corrected chi connectivity index (χ3v) is 3.36. The maximum absolute atomic E-state index is 14.0. The Labute approximate surface area is 119 Å². The minimum Gasteiger partial charge on any atom is -0.497 e. The molecule has 2 aromatic carbocycles. The van der Waals surface area contributed by atoms with Gasteiger partial charge in [0, 0.05) is 10.0 Å².